The smallest absolute Gasteiger partial charge is 0.320 e. The molecular formula is C19H20N4O. The Labute approximate surface area is 141 Å². The summed E-state index contributed by atoms with van der Waals surface area (Å²) >= 11 is 0. The molecule has 2 aromatic heterocycles. The van der Waals surface area contributed by atoms with Gasteiger partial charge in [0, 0.05) is 12.4 Å². The predicted octanol–water partition coefficient (Wildman–Crippen LogP) is 3.27. The molecule has 2 heterocycles. The lowest BCUT2D eigenvalue weighted by Gasteiger charge is -2.24. The maximum Gasteiger partial charge on any atom is 0.320 e. The second-order valence-corrected chi connectivity index (χ2v) is 6.02. The highest BCUT2D eigenvalue weighted by atomic mass is 16.2. The molecule has 24 heavy (non-hydrogen) atoms. The van der Waals surface area contributed by atoms with E-state index >= 15 is 0 Å². The highest BCUT2D eigenvalue weighted by molar-refractivity contribution is 5.90. The molecule has 1 aliphatic carbocycles. The van der Waals surface area contributed by atoms with Gasteiger partial charge in [0.2, 0.25) is 0 Å². The molecule has 5 heteroatoms. The summed E-state index contributed by atoms with van der Waals surface area (Å²) in [6.07, 6.45) is 8.90. The average molecular weight is 320 g/mol. The van der Waals surface area contributed by atoms with Crippen molar-refractivity contribution in [2.24, 2.45) is 0 Å². The summed E-state index contributed by atoms with van der Waals surface area (Å²) in [5, 5.41) is 5.92. The molecule has 3 rings (SSSR count). The van der Waals surface area contributed by atoms with Crippen LogP contribution in [-0.2, 0) is 0 Å². The van der Waals surface area contributed by atoms with Crippen molar-refractivity contribution in [3.8, 4) is 11.8 Å². The number of carbonyl (C=O) groups excluding carboxylic acids is 1. The van der Waals surface area contributed by atoms with Gasteiger partial charge in [-0.3, -0.25) is 4.98 Å². The van der Waals surface area contributed by atoms with Crippen molar-refractivity contribution in [2.45, 2.75) is 38.1 Å². The maximum atomic E-state index is 12.4. The van der Waals surface area contributed by atoms with E-state index < -0.39 is 5.54 Å². The molecule has 0 atom stereocenters. The number of nitrogens with one attached hydrogen (secondary N) is 2. The molecule has 2 aromatic rings. The Morgan fingerprint density at radius 2 is 2.04 bits per heavy atom. The van der Waals surface area contributed by atoms with Gasteiger partial charge in [0.05, 0.1) is 11.9 Å². The number of aromatic nitrogens is 2. The van der Waals surface area contributed by atoms with Gasteiger partial charge in [-0.1, -0.05) is 12.0 Å². The van der Waals surface area contributed by atoms with E-state index in [0.717, 1.165) is 31.2 Å². The molecule has 0 spiro atoms. The van der Waals surface area contributed by atoms with E-state index in [0.29, 0.717) is 11.4 Å². The Bertz CT molecular complexity index is 771. The number of carbonyl (C=O) groups is 1. The standard InChI is InChI=1S/C19H20N4O/c1-15-8-13-20-14-17(15)22-18(24)23-19(9-3-4-10-19)11-7-16-6-2-5-12-21-16/h2,5-6,8,12-14H,3-4,9-10H2,1H3,(H2,22,23,24). The normalized spacial score (nSPS) is 15.2. The molecule has 0 unspecified atom stereocenters. The van der Waals surface area contributed by atoms with Crippen LogP contribution in [0.25, 0.3) is 0 Å². The number of amides is 2. The van der Waals surface area contributed by atoms with Gasteiger partial charge < -0.3 is 10.6 Å². The fourth-order valence-electron chi connectivity index (χ4n) is 2.85. The van der Waals surface area contributed by atoms with Crippen LogP contribution in [0.1, 0.15) is 36.9 Å². The lowest BCUT2D eigenvalue weighted by Crippen LogP contribution is -2.47. The molecule has 0 aromatic carbocycles. The van der Waals surface area contributed by atoms with Crippen LogP contribution in [0.2, 0.25) is 0 Å². The first-order valence-corrected chi connectivity index (χ1v) is 8.11. The Morgan fingerprint density at radius 3 is 2.75 bits per heavy atom. The number of hydrogen-bond acceptors (Lipinski definition) is 3. The van der Waals surface area contributed by atoms with Crippen LogP contribution in [0.5, 0.6) is 0 Å². The predicted molar refractivity (Wildman–Crippen MR) is 93.4 cm³/mol. The Morgan fingerprint density at radius 1 is 1.21 bits per heavy atom. The lowest BCUT2D eigenvalue weighted by molar-refractivity contribution is 0.244. The van der Waals surface area contributed by atoms with Crippen LogP contribution in [0.4, 0.5) is 10.5 Å². The van der Waals surface area contributed by atoms with Crippen LogP contribution in [0, 0.1) is 18.8 Å². The fourth-order valence-corrected chi connectivity index (χ4v) is 2.85. The van der Waals surface area contributed by atoms with Gasteiger partial charge in [-0.05, 0) is 62.3 Å². The van der Waals surface area contributed by atoms with E-state index in [9.17, 15) is 4.79 Å². The van der Waals surface area contributed by atoms with E-state index in [1.807, 2.05) is 31.2 Å². The third-order valence-electron chi connectivity index (χ3n) is 4.19. The third-order valence-corrected chi connectivity index (χ3v) is 4.19. The minimum atomic E-state index is -0.488. The van der Waals surface area contributed by atoms with E-state index in [1.54, 1.807) is 18.6 Å². The molecule has 122 valence electrons. The highest BCUT2D eigenvalue weighted by Gasteiger charge is 2.33. The monoisotopic (exact) mass is 320 g/mol. The Balaban J connectivity index is 1.73. The summed E-state index contributed by atoms with van der Waals surface area (Å²) in [6.45, 7) is 1.93. The number of pyridine rings is 2. The lowest BCUT2D eigenvalue weighted by atomic mass is 9.98. The molecule has 1 aliphatic rings. The second kappa shape index (κ2) is 7.14. The zero-order valence-electron chi connectivity index (χ0n) is 13.7. The van der Waals surface area contributed by atoms with Crippen LogP contribution in [0.3, 0.4) is 0 Å². The van der Waals surface area contributed by atoms with Crippen molar-refractivity contribution < 1.29 is 4.79 Å². The topological polar surface area (TPSA) is 66.9 Å². The first-order chi connectivity index (χ1) is 11.7. The Hall–Kier alpha value is -2.87. The summed E-state index contributed by atoms with van der Waals surface area (Å²) in [5.41, 5.74) is 1.91. The SMILES string of the molecule is Cc1ccncc1NC(=O)NC1(C#Cc2ccccn2)CCCC1. The van der Waals surface area contributed by atoms with Crippen molar-refractivity contribution in [1.29, 1.82) is 0 Å². The van der Waals surface area contributed by atoms with Gasteiger partial charge in [-0.25, -0.2) is 9.78 Å². The van der Waals surface area contributed by atoms with Gasteiger partial charge >= 0.3 is 6.03 Å². The number of hydrogen-bond donors (Lipinski definition) is 2. The quantitative estimate of drug-likeness (QED) is 0.835. The first kappa shape index (κ1) is 16.0. The van der Waals surface area contributed by atoms with E-state index in [2.05, 4.69) is 32.4 Å². The molecule has 5 nitrogen and oxygen atoms in total. The number of rotatable bonds is 2. The molecule has 1 saturated carbocycles. The van der Waals surface area contributed by atoms with Crippen LogP contribution < -0.4 is 10.6 Å². The van der Waals surface area contributed by atoms with Crippen molar-refractivity contribution in [3.63, 3.8) is 0 Å². The van der Waals surface area contributed by atoms with E-state index in [1.165, 1.54) is 0 Å². The van der Waals surface area contributed by atoms with Crippen LogP contribution >= 0.6 is 0 Å². The summed E-state index contributed by atoms with van der Waals surface area (Å²) in [5.74, 6) is 6.33. The summed E-state index contributed by atoms with van der Waals surface area (Å²) in [7, 11) is 0. The van der Waals surface area contributed by atoms with Gasteiger partial charge in [0.15, 0.2) is 0 Å². The third kappa shape index (κ3) is 3.90. The molecule has 0 saturated heterocycles. The summed E-state index contributed by atoms with van der Waals surface area (Å²) in [4.78, 5) is 20.7. The van der Waals surface area contributed by atoms with Gasteiger partial charge in [-0.2, -0.15) is 0 Å². The Kier molecular flexibility index (Phi) is 4.76. The largest absolute Gasteiger partial charge is 0.322 e. The van der Waals surface area contributed by atoms with Crippen LogP contribution in [0.15, 0.2) is 42.9 Å². The number of urea groups is 1. The van der Waals surface area contributed by atoms with Gasteiger partial charge in [0.1, 0.15) is 11.2 Å². The van der Waals surface area contributed by atoms with Crippen LogP contribution in [-0.4, -0.2) is 21.5 Å². The van der Waals surface area contributed by atoms with Gasteiger partial charge in [0.25, 0.3) is 0 Å². The first-order valence-electron chi connectivity index (χ1n) is 8.11. The molecular weight excluding hydrogens is 300 g/mol. The number of nitrogens with zero attached hydrogens (tertiary/aromatic N) is 2. The summed E-state index contributed by atoms with van der Waals surface area (Å²) < 4.78 is 0. The van der Waals surface area contributed by atoms with Gasteiger partial charge in [-0.15, -0.1) is 0 Å². The van der Waals surface area contributed by atoms with Crippen molar-refractivity contribution >= 4 is 11.7 Å². The van der Waals surface area contributed by atoms with Crippen molar-refractivity contribution in [3.05, 3.63) is 54.1 Å². The minimum absolute atomic E-state index is 0.247. The molecule has 0 aliphatic heterocycles. The molecule has 2 N–H and O–H groups in total. The molecule has 2 amide bonds. The molecule has 0 radical (unpaired) electrons. The number of aryl methyl sites for hydroxylation is 1. The fraction of sp³-hybridized carbons (Fsp3) is 0.316. The minimum Gasteiger partial charge on any atom is -0.322 e. The van der Waals surface area contributed by atoms with Crippen molar-refractivity contribution in [1.82, 2.24) is 15.3 Å². The molecule has 1 fully saturated rings. The zero-order valence-corrected chi connectivity index (χ0v) is 13.7. The van der Waals surface area contributed by atoms with Crippen molar-refractivity contribution in [2.75, 3.05) is 5.32 Å². The maximum absolute atomic E-state index is 12.4. The highest BCUT2D eigenvalue weighted by Crippen LogP contribution is 2.29. The van der Waals surface area contributed by atoms with E-state index in [-0.39, 0.29) is 6.03 Å². The number of anilines is 1. The molecule has 0 bridgehead atoms. The zero-order chi connectivity index (χ0) is 16.8. The van der Waals surface area contributed by atoms with E-state index in [4.69, 9.17) is 0 Å². The second-order valence-electron chi connectivity index (χ2n) is 6.02. The summed E-state index contributed by atoms with van der Waals surface area (Å²) in [6, 6.07) is 7.25. The average Bonchev–Trinajstić information content (AvgIpc) is 3.05.